The van der Waals surface area contributed by atoms with Crippen molar-refractivity contribution in [2.24, 2.45) is 11.8 Å². The van der Waals surface area contributed by atoms with Crippen molar-refractivity contribution < 1.29 is 23.1 Å². The Hall–Kier alpha value is -2.84. The smallest absolute Gasteiger partial charge is 0.303 e. The third-order valence-electron chi connectivity index (χ3n) is 6.20. The number of anilines is 2. The molecule has 1 aromatic carbocycles. The summed E-state index contributed by atoms with van der Waals surface area (Å²) in [5.41, 5.74) is 0.747. The summed E-state index contributed by atoms with van der Waals surface area (Å²) in [6.07, 6.45) is 4.95. The van der Waals surface area contributed by atoms with E-state index in [1.54, 1.807) is 12.1 Å². The molecule has 32 heavy (non-hydrogen) atoms. The molecule has 2 aliphatic carbocycles. The summed E-state index contributed by atoms with van der Waals surface area (Å²) in [5, 5.41) is 11.9. The number of carboxylic acids is 1. The second kappa shape index (κ2) is 8.96. The quantitative estimate of drug-likeness (QED) is 0.543. The normalized spacial score (nSPS) is 20.5. The molecule has 6 nitrogen and oxygen atoms in total. The van der Waals surface area contributed by atoms with Crippen LogP contribution in [0.4, 0.5) is 24.8 Å². The molecule has 2 aromatic rings. The van der Waals surface area contributed by atoms with Crippen LogP contribution < -0.4 is 10.2 Å². The highest BCUT2D eigenvalue weighted by Crippen LogP contribution is 2.37. The molecule has 0 saturated heterocycles. The first-order valence-electron chi connectivity index (χ1n) is 10.9. The van der Waals surface area contributed by atoms with Crippen LogP contribution in [0.15, 0.2) is 30.6 Å². The number of hydrogen-bond acceptors (Lipinski definition) is 5. The number of benzene rings is 1. The predicted octanol–water partition coefficient (Wildman–Crippen LogP) is 4.81. The number of hydrogen-bond donors (Lipinski definition) is 2. The molecule has 1 heterocycles. The van der Waals surface area contributed by atoms with Gasteiger partial charge in [0.1, 0.15) is 6.33 Å². The van der Waals surface area contributed by atoms with Gasteiger partial charge in [-0.3, -0.25) is 4.79 Å². The minimum absolute atomic E-state index is 0.0551. The van der Waals surface area contributed by atoms with E-state index in [1.165, 1.54) is 18.5 Å². The zero-order chi connectivity index (χ0) is 22.9. The van der Waals surface area contributed by atoms with Crippen LogP contribution in [0, 0.1) is 17.7 Å². The van der Waals surface area contributed by atoms with Gasteiger partial charge in [0.2, 0.25) is 5.82 Å². The lowest BCUT2D eigenvalue weighted by molar-refractivity contribution is -0.139. The first kappa shape index (κ1) is 22.4. The topological polar surface area (TPSA) is 78.4 Å². The van der Waals surface area contributed by atoms with Gasteiger partial charge in [-0.05, 0) is 43.1 Å². The summed E-state index contributed by atoms with van der Waals surface area (Å²) in [6, 6.07) is 6.25. The summed E-state index contributed by atoms with van der Waals surface area (Å²) in [4.78, 5) is 20.9. The fourth-order valence-corrected chi connectivity index (χ4v) is 4.24. The highest BCUT2D eigenvalue weighted by Gasteiger charge is 2.34. The van der Waals surface area contributed by atoms with Gasteiger partial charge in [0.25, 0.3) is 5.92 Å². The van der Waals surface area contributed by atoms with Crippen molar-refractivity contribution in [2.75, 3.05) is 16.8 Å². The first-order valence-corrected chi connectivity index (χ1v) is 10.9. The molecule has 0 aliphatic heterocycles. The number of alkyl halides is 2. The number of rotatable bonds is 10. The van der Waals surface area contributed by atoms with Gasteiger partial charge in [-0.25, -0.2) is 18.7 Å². The van der Waals surface area contributed by atoms with Gasteiger partial charge in [-0.2, -0.15) is 4.39 Å². The number of halogens is 3. The Kier molecular flexibility index (Phi) is 6.26. The Morgan fingerprint density at radius 2 is 1.88 bits per heavy atom. The molecule has 2 saturated carbocycles. The molecule has 172 valence electrons. The van der Waals surface area contributed by atoms with Crippen LogP contribution >= 0.6 is 0 Å². The van der Waals surface area contributed by atoms with Crippen LogP contribution in [0.3, 0.4) is 0 Å². The summed E-state index contributed by atoms with van der Waals surface area (Å²) in [5.74, 6) is -3.40. The molecule has 9 heteroatoms. The number of nitrogens with one attached hydrogen (secondary N) is 1. The summed E-state index contributed by atoms with van der Waals surface area (Å²) >= 11 is 0. The van der Waals surface area contributed by atoms with E-state index in [0.29, 0.717) is 19.0 Å². The van der Waals surface area contributed by atoms with E-state index in [4.69, 9.17) is 5.11 Å². The van der Waals surface area contributed by atoms with Crippen molar-refractivity contribution in [3.63, 3.8) is 0 Å². The Bertz CT molecular complexity index is 955. The summed E-state index contributed by atoms with van der Waals surface area (Å²) in [6.45, 7) is 1.76. The van der Waals surface area contributed by atoms with Crippen LogP contribution in [0.1, 0.15) is 50.2 Å². The van der Waals surface area contributed by atoms with Crippen LogP contribution in [-0.2, 0) is 17.3 Å². The molecule has 2 fully saturated rings. The van der Waals surface area contributed by atoms with Crippen molar-refractivity contribution in [1.82, 2.24) is 9.97 Å². The lowest BCUT2D eigenvalue weighted by atomic mass is 9.73. The van der Waals surface area contributed by atoms with Crippen molar-refractivity contribution >= 4 is 17.6 Å². The van der Waals surface area contributed by atoms with E-state index in [2.05, 4.69) is 15.3 Å². The highest BCUT2D eigenvalue weighted by molar-refractivity contribution is 5.67. The lowest BCUT2D eigenvalue weighted by Gasteiger charge is -2.34. The fraction of sp³-hybridized carbons (Fsp3) is 0.522. The number of aliphatic carboxylic acids is 1. The maximum atomic E-state index is 15.2. The number of aromatic nitrogens is 2. The van der Waals surface area contributed by atoms with Crippen molar-refractivity contribution in [2.45, 2.75) is 57.5 Å². The van der Waals surface area contributed by atoms with E-state index in [9.17, 15) is 13.6 Å². The van der Waals surface area contributed by atoms with Crippen LogP contribution in [0.5, 0.6) is 0 Å². The van der Waals surface area contributed by atoms with E-state index in [0.717, 1.165) is 38.2 Å². The minimum Gasteiger partial charge on any atom is -0.481 e. The average Bonchev–Trinajstić information content (AvgIpc) is 3.53. The maximum Gasteiger partial charge on any atom is 0.303 e. The van der Waals surface area contributed by atoms with Gasteiger partial charge < -0.3 is 15.3 Å². The average molecular weight is 448 g/mol. The van der Waals surface area contributed by atoms with E-state index in [-0.39, 0.29) is 35.6 Å². The molecular weight excluding hydrogens is 421 g/mol. The molecule has 1 aromatic heterocycles. The zero-order valence-electron chi connectivity index (χ0n) is 17.9. The van der Waals surface area contributed by atoms with Gasteiger partial charge >= 0.3 is 5.97 Å². The largest absolute Gasteiger partial charge is 0.481 e. The first-order chi connectivity index (χ1) is 15.2. The molecular formula is C23H27F3N4O2. The summed E-state index contributed by atoms with van der Waals surface area (Å²) < 4.78 is 42.2. The van der Waals surface area contributed by atoms with Gasteiger partial charge in [0.15, 0.2) is 11.6 Å². The zero-order valence-corrected chi connectivity index (χ0v) is 17.9. The van der Waals surface area contributed by atoms with E-state index >= 15 is 4.39 Å². The van der Waals surface area contributed by atoms with Gasteiger partial charge in [-0.1, -0.05) is 24.3 Å². The van der Waals surface area contributed by atoms with Gasteiger partial charge in [0.05, 0.1) is 0 Å². The number of carboxylic acid groups (broad SMARTS) is 1. The van der Waals surface area contributed by atoms with Crippen molar-refractivity contribution in [3.05, 3.63) is 47.5 Å². The number of carbonyl (C=O) groups is 1. The Morgan fingerprint density at radius 1 is 1.19 bits per heavy atom. The Balaban J connectivity index is 1.42. The summed E-state index contributed by atoms with van der Waals surface area (Å²) in [7, 11) is 0. The molecule has 0 spiro atoms. The van der Waals surface area contributed by atoms with Crippen molar-refractivity contribution in [1.29, 1.82) is 0 Å². The minimum atomic E-state index is -2.90. The fourth-order valence-electron chi connectivity index (χ4n) is 4.24. The maximum absolute atomic E-state index is 15.2. The van der Waals surface area contributed by atoms with E-state index < -0.39 is 17.7 Å². The molecule has 4 rings (SSSR count). The van der Waals surface area contributed by atoms with Gasteiger partial charge in [-0.15, -0.1) is 0 Å². The van der Waals surface area contributed by atoms with Gasteiger partial charge in [0, 0.05) is 38.0 Å². The molecule has 0 unspecified atom stereocenters. The Morgan fingerprint density at radius 3 is 2.47 bits per heavy atom. The molecule has 0 bridgehead atoms. The SMILES string of the molecule is CC(F)(F)c1ccc(CN(c2ncnc(NCC3CC(CC(=O)O)C3)c2F)C2CC2)cc1. The standard InChI is InChI=1S/C23H27F3N4O2/c1-23(25,26)17-4-2-14(3-5-17)12-30(18-6-7-18)22-20(24)21(28-13-29-22)27-11-16-8-15(9-16)10-19(31)32/h2-5,13,15-16,18H,6-12H2,1H3,(H,31,32)(H,27,28,29). The third-order valence-corrected chi connectivity index (χ3v) is 6.20. The third kappa shape index (κ3) is 5.31. The monoisotopic (exact) mass is 448 g/mol. The predicted molar refractivity (Wildman–Crippen MR) is 114 cm³/mol. The van der Waals surface area contributed by atoms with Crippen LogP contribution in [-0.4, -0.2) is 33.6 Å². The number of nitrogens with zero attached hydrogens (tertiary/aromatic N) is 3. The van der Waals surface area contributed by atoms with E-state index in [1.807, 2.05) is 4.90 Å². The molecule has 0 radical (unpaired) electrons. The lowest BCUT2D eigenvalue weighted by Crippen LogP contribution is -2.31. The molecule has 2 N–H and O–H groups in total. The second-order valence-corrected chi connectivity index (χ2v) is 8.99. The van der Waals surface area contributed by atoms with Crippen LogP contribution in [0.2, 0.25) is 0 Å². The Labute approximate surface area is 184 Å². The molecule has 0 amide bonds. The van der Waals surface area contributed by atoms with Crippen molar-refractivity contribution in [3.8, 4) is 0 Å². The molecule has 0 atom stereocenters. The highest BCUT2D eigenvalue weighted by atomic mass is 19.3. The van der Waals surface area contributed by atoms with Crippen LogP contribution in [0.25, 0.3) is 0 Å². The second-order valence-electron chi connectivity index (χ2n) is 8.99. The molecule has 2 aliphatic rings.